The van der Waals surface area contributed by atoms with E-state index in [1.54, 1.807) is 6.92 Å². The first kappa shape index (κ1) is 44.4. The molecule has 0 amide bonds. The maximum Gasteiger partial charge on any atom is 0.186 e. The number of rotatable bonds is 11. The zero-order valence-electron chi connectivity index (χ0n) is 33.8. The van der Waals surface area contributed by atoms with Gasteiger partial charge in [0.15, 0.2) is 12.6 Å². The quantitative estimate of drug-likeness (QED) is 0.0767. The van der Waals surface area contributed by atoms with Gasteiger partial charge in [0.05, 0.1) is 48.8 Å². The summed E-state index contributed by atoms with van der Waals surface area (Å²) in [7, 11) is 0. The van der Waals surface area contributed by atoms with E-state index in [1.807, 2.05) is 13.8 Å². The van der Waals surface area contributed by atoms with Gasteiger partial charge in [-0.05, 0) is 81.5 Å². The minimum atomic E-state index is -1.76. The molecular formula is C40H68O17. The highest BCUT2D eigenvalue weighted by Gasteiger charge is 2.78. The summed E-state index contributed by atoms with van der Waals surface area (Å²) in [6.45, 7) is 9.67. The first-order chi connectivity index (χ1) is 26.4. The SMILES string of the molecule is C[C@H]([C@H](O)C[C@@](C)(O)C(C)(C)O)[C@H]1CC[C@H]2[C@@H]3[C@@H]4O[C@@H]4[C@@]4(O)C[C@@H](O[C@@H]5O[C@H](CO[C@@H]6O[C@H](CO)[C@@H](O)[C@H](O)[C@H]6O)[C@@H](O)[C@H](O)[C@H]5O)C[C@H](O)[C@]4(C)[C@H]3CC[C@]12C. The molecule has 24 atom stereocenters. The summed E-state index contributed by atoms with van der Waals surface area (Å²) in [5, 5.41) is 130. The third-order valence-corrected chi connectivity index (χ3v) is 16.6. The Bertz CT molecular complexity index is 1430. The number of hydrogen-bond acceptors (Lipinski definition) is 17. The van der Waals surface area contributed by atoms with Crippen molar-refractivity contribution in [3.63, 3.8) is 0 Å². The molecule has 0 aromatic rings. The first-order valence-corrected chi connectivity index (χ1v) is 20.9. The van der Waals surface area contributed by atoms with E-state index >= 15 is 0 Å². The van der Waals surface area contributed by atoms with Gasteiger partial charge in [0.1, 0.15) is 60.5 Å². The van der Waals surface area contributed by atoms with Crippen LogP contribution < -0.4 is 0 Å². The average Bonchev–Trinajstić information content (AvgIpc) is 3.87. The van der Waals surface area contributed by atoms with Gasteiger partial charge >= 0.3 is 0 Å². The molecule has 0 aromatic carbocycles. The molecule has 4 saturated carbocycles. The highest BCUT2D eigenvalue weighted by Crippen LogP contribution is 2.73. The third kappa shape index (κ3) is 7.05. The standard InChI is InChI=1S/C40H68O17/c1-16(21(42)13-38(5,51)36(2,3)50)18-7-8-19-25-20(9-10-37(18,19)4)39(6)24(43)11-17(12-40(39,52)33-32(25)57-33)54-35-31(49)29(47)27(45)23(56-35)15-53-34-30(48)28(46)26(44)22(14-41)55-34/h16-35,41-52H,7-15H2,1-6H3/t16-,17-,18+,19-,20-,21+,22+,23+,24-,25-,26+,27+,28-,29-,30+,31+,32-,33-,34+,35+,37+,38+,39-,40-/m0/s1. The lowest BCUT2D eigenvalue weighted by Gasteiger charge is -2.64. The van der Waals surface area contributed by atoms with E-state index in [0.29, 0.717) is 0 Å². The Labute approximate surface area is 333 Å². The zero-order chi connectivity index (χ0) is 41.9. The van der Waals surface area contributed by atoms with Gasteiger partial charge in [-0.3, -0.25) is 0 Å². The van der Waals surface area contributed by atoms with Crippen LogP contribution >= 0.6 is 0 Å². The number of aliphatic hydroxyl groups excluding tert-OH is 9. The summed E-state index contributed by atoms with van der Waals surface area (Å²) in [6, 6.07) is 0. The van der Waals surface area contributed by atoms with Crippen molar-refractivity contribution < 1.29 is 85.0 Å². The van der Waals surface area contributed by atoms with Gasteiger partial charge in [0.25, 0.3) is 0 Å². The van der Waals surface area contributed by atoms with Crippen molar-refractivity contribution in [2.75, 3.05) is 13.2 Å². The Morgan fingerprint density at radius 1 is 0.789 bits per heavy atom. The van der Waals surface area contributed by atoms with Gasteiger partial charge in [-0.15, -0.1) is 0 Å². The van der Waals surface area contributed by atoms with Crippen molar-refractivity contribution in [2.24, 2.45) is 40.4 Å². The Hall–Kier alpha value is -0.680. The summed E-state index contributed by atoms with van der Waals surface area (Å²) in [6.07, 6.45) is -15.9. The molecule has 17 heteroatoms. The van der Waals surface area contributed by atoms with Crippen LogP contribution in [-0.2, 0) is 23.7 Å². The predicted octanol–water partition coefficient (Wildman–Crippen LogP) is -2.36. The Kier molecular flexibility index (Phi) is 11.9. The average molecular weight is 821 g/mol. The fraction of sp³-hybridized carbons (Fsp3) is 1.00. The molecule has 7 rings (SSSR count). The first-order valence-electron chi connectivity index (χ1n) is 20.9. The van der Waals surface area contributed by atoms with Crippen LogP contribution in [0, 0.1) is 40.4 Å². The predicted molar refractivity (Wildman–Crippen MR) is 195 cm³/mol. The van der Waals surface area contributed by atoms with Crippen molar-refractivity contribution in [1.82, 2.24) is 0 Å². The largest absolute Gasteiger partial charge is 0.394 e. The number of fused-ring (bicyclic) bond motifs is 8. The molecule has 0 radical (unpaired) electrons. The summed E-state index contributed by atoms with van der Waals surface area (Å²) < 4.78 is 29.4. The number of hydrogen-bond donors (Lipinski definition) is 12. The van der Waals surface area contributed by atoms with E-state index in [4.69, 9.17) is 23.7 Å². The normalized spacial score (nSPS) is 54.4. The maximum absolute atomic E-state index is 12.7. The summed E-state index contributed by atoms with van der Waals surface area (Å²) in [5.41, 5.74) is -5.52. The van der Waals surface area contributed by atoms with E-state index in [2.05, 4.69) is 6.92 Å². The molecule has 7 aliphatic rings. The smallest absolute Gasteiger partial charge is 0.186 e. The van der Waals surface area contributed by atoms with Crippen molar-refractivity contribution in [3.8, 4) is 0 Å². The highest BCUT2D eigenvalue weighted by atomic mass is 16.7. The van der Waals surface area contributed by atoms with Crippen molar-refractivity contribution in [2.45, 2.75) is 195 Å². The lowest BCUT2D eigenvalue weighted by atomic mass is 9.42. The van der Waals surface area contributed by atoms with Gasteiger partial charge < -0.3 is 85.0 Å². The second-order valence-corrected chi connectivity index (χ2v) is 20.0. The van der Waals surface area contributed by atoms with Crippen molar-refractivity contribution >= 4 is 0 Å². The van der Waals surface area contributed by atoms with E-state index in [0.717, 1.165) is 25.7 Å². The van der Waals surface area contributed by atoms with E-state index < -0.39 is 121 Å². The second kappa shape index (κ2) is 15.3. The van der Waals surface area contributed by atoms with Crippen LogP contribution in [-0.4, -0.2) is 183 Å². The van der Waals surface area contributed by atoms with Gasteiger partial charge in [-0.2, -0.15) is 0 Å². The molecule has 4 aliphatic carbocycles. The lowest BCUT2D eigenvalue weighted by Crippen LogP contribution is -2.71. The van der Waals surface area contributed by atoms with Crippen LogP contribution in [0.25, 0.3) is 0 Å². The molecule has 7 fully saturated rings. The van der Waals surface area contributed by atoms with E-state index in [9.17, 15) is 61.3 Å². The van der Waals surface area contributed by atoms with Gasteiger partial charge in [0.2, 0.25) is 0 Å². The van der Waals surface area contributed by atoms with E-state index in [1.165, 1.54) is 13.8 Å². The highest BCUT2D eigenvalue weighted by molar-refractivity contribution is 5.26. The molecule has 0 unspecified atom stereocenters. The monoisotopic (exact) mass is 820 g/mol. The number of aliphatic hydroxyl groups is 12. The fourth-order valence-electron chi connectivity index (χ4n) is 12.4. The van der Waals surface area contributed by atoms with Crippen LogP contribution in [0.15, 0.2) is 0 Å². The maximum atomic E-state index is 12.7. The molecule has 0 bridgehead atoms. The van der Waals surface area contributed by atoms with Crippen LogP contribution in [0.4, 0.5) is 0 Å². The van der Waals surface area contributed by atoms with Gasteiger partial charge in [-0.1, -0.05) is 20.8 Å². The second-order valence-electron chi connectivity index (χ2n) is 20.0. The van der Waals surface area contributed by atoms with Crippen molar-refractivity contribution in [1.29, 1.82) is 0 Å². The minimum Gasteiger partial charge on any atom is -0.394 e. The van der Waals surface area contributed by atoms with E-state index in [-0.39, 0.29) is 60.4 Å². The molecule has 0 aromatic heterocycles. The molecule has 3 saturated heterocycles. The Morgan fingerprint density at radius 2 is 1.40 bits per heavy atom. The molecule has 17 nitrogen and oxygen atoms in total. The van der Waals surface area contributed by atoms with Crippen LogP contribution in [0.5, 0.6) is 0 Å². The molecular weight excluding hydrogens is 752 g/mol. The molecule has 57 heavy (non-hydrogen) atoms. The van der Waals surface area contributed by atoms with Crippen LogP contribution in [0.2, 0.25) is 0 Å². The minimum absolute atomic E-state index is 0.0361. The molecule has 330 valence electrons. The van der Waals surface area contributed by atoms with Gasteiger partial charge in [-0.25, -0.2) is 0 Å². The Balaban J connectivity index is 1.02. The molecule has 0 spiro atoms. The Morgan fingerprint density at radius 3 is 2.04 bits per heavy atom. The van der Waals surface area contributed by atoms with Gasteiger partial charge in [0, 0.05) is 24.7 Å². The van der Waals surface area contributed by atoms with Crippen molar-refractivity contribution in [3.05, 3.63) is 0 Å². The molecule has 3 aliphatic heterocycles. The summed E-state index contributed by atoms with van der Waals surface area (Å²) >= 11 is 0. The summed E-state index contributed by atoms with van der Waals surface area (Å²) in [5.74, 6) is 0.186. The van der Waals surface area contributed by atoms with Crippen LogP contribution in [0.3, 0.4) is 0 Å². The number of epoxide rings is 1. The zero-order valence-corrected chi connectivity index (χ0v) is 33.8. The molecule has 3 heterocycles. The third-order valence-electron chi connectivity index (χ3n) is 16.6. The molecule has 12 N–H and O–H groups in total. The van der Waals surface area contributed by atoms with Crippen LogP contribution in [0.1, 0.15) is 86.5 Å². The fourth-order valence-corrected chi connectivity index (χ4v) is 12.4. The number of ether oxygens (including phenoxy) is 5. The topological polar surface area (TPSA) is 292 Å². The summed E-state index contributed by atoms with van der Waals surface area (Å²) in [4.78, 5) is 0. The lowest BCUT2D eigenvalue weighted by molar-refractivity contribution is -0.344.